The van der Waals surface area contributed by atoms with Crippen molar-refractivity contribution in [1.29, 1.82) is 0 Å². The Morgan fingerprint density at radius 2 is 2.09 bits per heavy atom. The summed E-state index contributed by atoms with van der Waals surface area (Å²) in [6.07, 6.45) is 6.95. The molecule has 0 atom stereocenters. The molecule has 2 N–H and O–H groups in total. The second-order valence-electron chi connectivity index (χ2n) is 5.06. The fourth-order valence-corrected chi connectivity index (χ4v) is 4.48. The summed E-state index contributed by atoms with van der Waals surface area (Å²) < 4.78 is 0. The normalized spacial score (nSPS) is 14.0. The molecular formula is C16H15NO3S2. The van der Waals surface area contributed by atoms with E-state index in [-0.39, 0.29) is 11.5 Å². The number of carboxylic acids is 1. The third kappa shape index (κ3) is 3.13. The first kappa shape index (κ1) is 15.0. The molecule has 114 valence electrons. The van der Waals surface area contributed by atoms with Crippen LogP contribution in [0.25, 0.3) is 6.08 Å². The number of thiophene rings is 2. The smallest absolute Gasteiger partial charge is 0.339 e. The zero-order valence-corrected chi connectivity index (χ0v) is 13.4. The average Bonchev–Trinajstić information content (AvgIpc) is 3.11. The molecule has 0 saturated heterocycles. The molecular weight excluding hydrogens is 318 g/mol. The summed E-state index contributed by atoms with van der Waals surface area (Å²) in [6, 6.07) is 3.83. The Bertz CT molecular complexity index is 729. The van der Waals surface area contributed by atoms with Gasteiger partial charge in [-0.2, -0.15) is 0 Å². The molecule has 3 rings (SSSR count). The van der Waals surface area contributed by atoms with E-state index in [1.807, 2.05) is 17.5 Å². The molecule has 0 aromatic carbocycles. The number of aromatic carboxylic acids is 1. The second-order valence-corrected chi connectivity index (χ2v) is 7.14. The number of fused-ring (bicyclic) bond motifs is 1. The lowest BCUT2D eigenvalue weighted by Crippen LogP contribution is -2.11. The number of nitrogens with one attached hydrogen (secondary N) is 1. The van der Waals surface area contributed by atoms with E-state index in [2.05, 4.69) is 5.32 Å². The predicted molar refractivity (Wildman–Crippen MR) is 89.9 cm³/mol. The van der Waals surface area contributed by atoms with Crippen molar-refractivity contribution in [2.24, 2.45) is 0 Å². The van der Waals surface area contributed by atoms with Crippen molar-refractivity contribution >= 4 is 45.6 Å². The van der Waals surface area contributed by atoms with Crippen LogP contribution in [-0.4, -0.2) is 17.0 Å². The highest BCUT2D eigenvalue weighted by molar-refractivity contribution is 7.17. The molecule has 1 amide bonds. The first-order valence-corrected chi connectivity index (χ1v) is 8.75. The van der Waals surface area contributed by atoms with Crippen molar-refractivity contribution in [2.75, 3.05) is 5.32 Å². The zero-order chi connectivity index (χ0) is 15.5. The minimum Gasteiger partial charge on any atom is -0.478 e. The molecule has 0 unspecified atom stereocenters. The van der Waals surface area contributed by atoms with E-state index in [0.717, 1.165) is 41.0 Å². The van der Waals surface area contributed by atoms with Gasteiger partial charge in [0.05, 0.1) is 5.56 Å². The molecule has 0 spiro atoms. The number of hydrogen-bond acceptors (Lipinski definition) is 4. The fraction of sp³-hybridized carbons (Fsp3) is 0.250. The van der Waals surface area contributed by atoms with Crippen LogP contribution >= 0.6 is 22.7 Å². The van der Waals surface area contributed by atoms with Crippen LogP contribution in [0.3, 0.4) is 0 Å². The monoisotopic (exact) mass is 333 g/mol. The number of rotatable bonds is 4. The number of hydrogen-bond donors (Lipinski definition) is 2. The molecule has 0 bridgehead atoms. The number of carbonyl (C=O) groups excluding carboxylic acids is 1. The standard InChI is InChI=1S/C16H15NO3S2/c18-13(8-7-10-4-3-9-21-10)17-15-14(16(19)20)11-5-1-2-6-12(11)22-15/h3-4,7-9H,1-2,5-6H2,(H,17,18)(H,19,20). The van der Waals surface area contributed by atoms with Gasteiger partial charge in [0.15, 0.2) is 0 Å². The molecule has 4 nitrogen and oxygen atoms in total. The Balaban J connectivity index is 1.81. The Morgan fingerprint density at radius 3 is 2.82 bits per heavy atom. The minimum absolute atomic E-state index is 0.276. The van der Waals surface area contributed by atoms with Gasteiger partial charge in [0.25, 0.3) is 0 Å². The summed E-state index contributed by atoms with van der Waals surface area (Å²) in [5, 5.41) is 14.6. The van der Waals surface area contributed by atoms with Gasteiger partial charge in [-0.1, -0.05) is 6.07 Å². The molecule has 1 aliphatic rings. The van der Waals surface area contributed by atoms with Crippen LogP contribution in [-0.2, 0) is 17.6 Å². The first-order chi connectivity index (χ1) is 10.6. The maximum absolute atomic E-state index is 12.0. The van der Waals surface area contributed by atoms with Crippen LogP contribution in [0.2, 0.25) is 0 Å². The van der Waals surface area contributed by atoms with Crippen LogP contribution < -0.4 is 5.32 Å². The molecule has 0 aliphatic heterocycles. The van der Waals surface area contributed by atoms with E-state index in [9.17, 15) is 14.7 Å². The number of aryl methyl sites for hydroxylation is 1. The largest absolute Gasteiger partial charge is 0.478 e. The van der Waals surface area contributed by atoms with Gasteiger partial charge >= 0.3 is 5.97 Å². The van der Waals surface area contributed by atoms with E-state index < -0.39 is 5.97 Å². The van der Waals surface area contributed by atoms with Crippen LogP contribution in [0, 0.1) is 0 Å². The van der Waals surface area contributed by atoms with Gasteiger partial charge in [-0.3, -0.25) is 4.79 Å². The summed E-state index contributed by atoms with van der Waals surface area (Å²) in [5.41, 5.74) is 1.18. The van der Waals surface area contributed by atoms with E-state index >= 15 is 0 Å². The lowest BCUT2D eigenvalue weighted by atomic mass is 9.95. The SMILES string of the molecule is O=C(C=Cc1cccs1)Nc1sc2c(c1C(=O)O)CCCC2. The fourth-order valence-electron chi connectivity index (χ4n) is 2.58. The maximum atomic E-state index is 12.0. The molecule has 2 heterocycles. The minimum atomic E-state index is -0.961. The first-order valence-electron chi connectivity index (χ1n) is 7.05. The summed E-state index contributed by atoms with van der Waals surface area (Å²) >= 11 is 2.94. The van der Waals surface area contributed by atoms with Crippen LogP contribution in [0.15, 0.2) is 23.6 Å². The van der Waals surface area contributed by atoms with E-state index in [4.69, 9.17) is 0 Å². The van der Waals surface area contributed by atoms with Crippen molar-refractivity contribution in [3.8, 4) is 0 Å². The van der Waals surface area contributed by atoms with Crippen molar-refractivity contribution in [3.63, 3.8) is 0 Å². The van der Waals surface area contributed by atoms with Crippen molar-refractivity contribution in [1.82, 2.24) is 0 Å². The van der Waals surface area contributed by atoms with E-state index in [0.29, 0.717) is 5.00 Å². The van der Waals surface area contributed by atoms with Gasteiger partial charge in [-0.05, 0) is 48.8 Å². The third-order valence-corrected chi connectivity index (χ3v) is 5.61. The quantitative estimate of drug-likeness (QED) is 0.830. The highest BCUT2D eigenvalue weighted by Gasteiger charge is 2.25. The summed E-state index contributed by atoms with van der Waals surface area (Å²) in [6.45, 7) is 0. The molecule has 0 fully saturated rings. The third-order valence-electron chi connectivity index (χ3n) is 3.56. The summed E-state index contributed by atoms with van der Waals surface area (Å²) in [5.74, 6) is -1.26. The van der Waals surface area contributed by atoms with Crippen LogP contribution in [0.1, 0.15) is 38.5 Å². The highest BCUT2D eigenvalue weighted by Crippen LogP contribution is 2.38. The molecule has 2 aromatic heterocycles. The van der Waals surface area contributed by atoms with Gasteiger partial charge in [-0.15, -0.1) is 22.7 Å². The molecule has 2 aromatic rings. The van der Waals surface area contributed by atoms with Gasteiger partial charge < -0.3 is 10.4 Å². The number of anilines is 1. The number of amides is 1. The Labute approximate surface area is 136 Å². The van der Waals surface area contributed by atoms with Crippen LogP contribution in [0.5, 0.6) is 0 Å². The maximum Gasteiger partial charge on any atom is 0.339 e. The van der Waals surface area contributed by atoms with Crippen molar-refractivity contribution in [2.45, 2.75) is 25.7 Å². The van der Waals surface area contributed by atoms with Gasteiger partial charge in [0, 0.05) is 15.8 Å². The molecule has 0 radical (unpaired) electrons. The van der Waals surface area contributed by atoms with Gasteiger partial charge in [0.2, 0.25) is 5.91 Å². The van der Waals surface area contributed by atoms with E-state index in [1.165, 1.54) is 17.4 Å². The number of carbonyl (C=O) groups is 2. The van der Waals surface area contributed by atoms with E-state index in [1.54, 1.807) is 17.4 Å². The van der Waals surface area contributed by atoms with Crippen LogP contribution in [0.4, 0.5) is 5.00 Å². The lowest BCUT2D eigenvalue weighted by molar-refractivity contribution is -0.111. The van der Waals surface area contributed by atoms with Gasteiger partial charge in [0.1, 0.15) is 5.00 Å². The zero-order valence-electron chi connectivity index (χ0n) is 11.8. The molecule has 0 saturated carbocycles. The lowest BCUT2D eigenvalue weighted by Gasteiger charge is -2.10. The molecule has 1 aliphatic carbocycles. The molecule has 6 heteroatoms. The Kier molecular flexibility index (Phi) is 4.40. The highest BCUT2D eigenvalue weighted by atomic mass is 32.1. The van der Waals surface area contributed by atoms with Gasteiger partial charge in [-0.25, -0.2) is 4.79 Å². The van der Waals surface area contributed by atoms with Crippen molar-refractivity contribution < 1.29 is 14.7 Å². The summed E-state index contributed by atoms with van der Waals surface area (Å²) in [4.78, 5) is 25.6. The average molecular weight is 333 g/mol. The Morgan fingerprint density at radius 1 is 1.27 bits per heavy atom. The predicted octanol–water partition coefficient (Wildman–Crippen LogP) is 4.04. The topological polar surface area (TPSA) is 66.4 Å². The second kappa shape index (κ2) is 6.46. The number of carboxylic acid groups (broad SMARTS) is 1. The molecule has 22 heavy (non-hydrogen) atoms. The summed E-state index contributed by atoms with van der Waals surface area (Å²) in [7, 11) is 0. The van der Waals surface area contributed by atoms with Crippen molar-refractivity contribution in [3.05, 3.63) is 44.5 Å². The Hall–Kier alpha value is -1.92.